The molecule has 21 heavy (non-hydrogen) atoms. The molecule has 0 amide bonds. The van der Waals surface area contributed by atoms with E-state index in [0.717, 1.165) is 37.4 Å². The number of hydrogen-bond donors (Lipinski definition) is 1. The van der Waals surface area contributed by atoms with Crippen LogP contribution in [0.15, 0.2) is 36.4 Å². The molecule has 0 radical (unpaired) electrons. The van der Waals surface area contributed by atoms with Gasteiger partial charge in [-0.25, -0.2) is 0 Å². The first kappa shape index (κ1) is 17.7. The lowest BCUT2D eigenvalue weighted by atomic mass is 10.2. The van der Waals surface area contributed by atoms with Crippen LogP contribution in [0, 0.1) is 5.92 Å². The third-order valence-electron chi connectivity index (χ3n) is 3.00. The molecule has 0 aliphatic rings. The summed E-state index contributed by atoms with van der Waals surface area (Å²) in [5.41, 5.74) is 2.34. The number of nitrogens with one attached hydrogen (secondary N) is 1. The quantitative estimate of drug-likeness (QED) is 0.497. The molecule has 1 aromatic carbocycles. The van der Waals surface area contributed by atoms with Gasteiger partial charge in [0.05, 0.1) is 13.2 Å². The van der Waals surface area contributed by atoms with E-state index in [9.17, 15) is 0 Å². The van der Waals surface area contributed by atoms with Gasteiger partial charge in [0.25, 0.3) is 0 Å². The van der Waals surface area contributed by atoms with Crippen molar-refractivity contribution < 1.29 is 9.47 Å². The fourth-order valence-electron chi connectivity index (χ4n) is 1.85. The molecule has 0 atom stereocenters. The lowest BCUT2D eigenvalue weighted by Gasteiger charge is -2.13. The Bertz CT molecular complexity index is 415. The van der Waals surface area contributed by atoms with Gasteiger partial charge in [-0.3, -0.25) is 0 Å². The van der Waals surface area contributed by atoms with Crippen molar-refractivity contribution >= 4 is 0 Å². The fourth-order valence-corrected chi connectivity index (χ4v) is 1.85. The monoisotopic (exact) mass is 291 g/mol. The van der Waals surface area contributed by atoms with Gasteiger partial charge >= 0.3 is 0 Å². The van der Waals surface area contributed by atoms with E-state index < -0.39 is 0 Å². The SMILES string of the molecule is C=C(C)CCOCCOc1ccccc1CNCC(C)C. The molecule has 0 fully saturated rings. The molecule has 0 unspecified atom stereocenters. The Balaban J connectivity index is 2.28. The largest absolute Gasteiger partial charge is 0.491 e. The first-order valence-corrected chi connectivity index (χ1v) is 7.73. The highest BCUT2D eigenvalue weighted by Gasteiger charge is 2.03. The maximum absolute atomic E-state index is 5.81. The van der Waals surface area contributed by atoms with Gasteiger partial charge in [0, 0.05) is 12.1 Å². The summed E-state index contributed by atoms with van der Waals surface area (Å²) >= 11 is 0. The van der Waals surface area contributed by atoms with Crippen LogP contribution in [0.3, 0.4) is 0 Å². The molecule has 0 bridgehead atoms. The molecule has 0 saturated heterocycles. The van der Waals surface area contributed by atoms with E-state index in [1.807, 2.05) is 25.1 Å². The molecular weight excluding hydrogens is 262 g/mol. The molecule has 0 aromatic heterocycles. The summed E-state index contributed by atoms with van der Waals surface area (Å²) in [6.07, 6.45) is 0.912. The van der Waals surface area contributed by atoms with Crippen LogP contribution in [0.4, 0.5) is 0 Å². The molecule has 1 N–H and O–H groups in total. The molecule has 0 spiro atoms. The molecule has 118 valence electrons. The summed E-state index contributed by atoms with van der Waals surface area (Å²) in [4.78, 5) is 0. The van der Waals surface area contributed by atoms with Crippen molar-refractivity contribution in [1.82, 2.24) is 5.32 Å². The van der Waals surface area contributed by atoms with Crippen LogP contribution in [0.5, 0.6) is 5.75 Å². The second-order valence-corrected chi connectivity index (χ2v) is 5.80. The smallest absolute Gasteiger partial charge is 0.123 e. The van der Waals surface area contributed by atoms with Crippen LogP contribution in [-0.2, 0) is 11.3 Å². The first-order chi connectivity index (χ1) is 10.1. The van der Waals surface area contributed by atoms with Crippen molar-refractivity contribution in [2.45, 2.75) is 33.7 Å². The van der Waals surface area contributed by atoms with Crippen LogP contribution in [0.1, 0.15) is 32.8 Å². The van der Waals surface area contributed by atoms with Gasteiger partial charge in [-0.1, -0.05) is 37.6 Å². The zero-order valence-electron chi connectivity index (χ0n) is 13.7. The zero-order chi connectivity index (χ0) is 15.5. The van der Waals surface area contributed by atoms with E-state index in [2.05, 4.69) is 31.8 Å². The Kier molecular flexibility index (Phi) is 8.79. The third kappa shape index (κ3) is 8.53. The Morgan fingerprint density at radius 2 is 1.95 bits per heavy atom. The van der Waals surface area contributed by atoms with Gasteiger partial charge in [0.15, 0.2) is 0 Å². The first-order valence-electron chi connectivity index (χ1n) is 7.73. The summed E-state index contributed by atoms with van der Waals surface area (Å²) in [5.74, 6) is 1.59. The molecule has 0 aliphatic heterocycles. The number of rotatable bonds is 11. The van der Waals surface area contributed by atoms with E-state index >= 15 is 0 Å². The van der Waals surface area contributed by atoms with Crippen molar-refractivity contribution in [2.75, 3.05) is 26.4 Å². The Hall–Kier alpha value is -1.32. The fraction of sp³-hybridized carbons (Fsp3) is 0.556. The van der Waals surface area contributed by atoms with Gasteiger partial charge in [-0.05, 0) is 31.9 Å². The minimum atomic E-state index is 0.581. The molecule has 1 rings (SSSR count). The Morgan fingerprint density at radius 3 is 2.67 bits per heavy atom. The lowest BCUT2D eigenvalue weighted by Crippen LogP contribution is -2.19. The van der Waals surface area contributed by atoms with E-state index in [0.29, 0.717) is 19.1 Å². The maximum Gasteiger partial charge on any atom is 0.123 e. The summed E-state index contributed by atoms with van der Waals surface area (Å²) in [5, 5.41) is 3.44. The molecule has 0 heterocycles. The second kappa shape index (κ2) is 10.4. The standard InChI is InChI=1S/C18H29NO2/c1-15(2)9-10-20-11-12-21-18-8-6-5-7-17(18)14-19-13-16(3)4/h5-8,16,19H,1,9-14H2,2-4H3. The van der Waals surface area contributed by atoms with E-state index in [1.165, 1.54) is 5.56 Å². The minimum absolute atomic E-state index is 0.581. The molecular formula is C18H29NO2. The van der Waals surface area contributed by atoms with Gasteiger partial charge in [0.2, 0.25) is 0 Å². The Labute approximate surface area is 129 Å². The molecule has 3 heteroatoms. The van der Waals surface area contributed by atoms with Crippen molar-refractivity contribution in [3.05, 3.63) is 42.0 Å². The van der Waals surface area contributed by atoms with Crippen molar-refractivity contribution in [2.24, 2.45) is 5.92 Å². The van der Waals surface area contributed by atoms with Crippen molar-refractivity contribution in [3.8, 4) is 5.75 Å². The number of hydrogen-bond acceptors (Lipinski definition) is 3. The van der Waals surface area contributed by atoms with Crippen LogP contribution in [0.2, 0.25) is 0 Å². The van der Waals surface area contributed by atoms with Gasteiger partial charge in [0.1, 0.15) is 12.4 Å². The highest BCUT2D eigenvalue weighted by Crippen LogP contribution is 2.17. The van der Waals surface area contributed by atoms with Crippen molar-refractivity contribution in [3.63, 3.8) is 0 Å². The van der Waals surface area contributed by atoms with Crippen LogP contribution in [0.25, 0.3) is 0 Å². The third-order valence-corrected chi connectivity index (χ3v) is 3.00. The van der Waals surface area contributed by atoms with Gasteiger partial charge < -0.3 is 14.8 Å². The second-order valence-electron chi connectivity index (χ2n) is 5.80. The average molecular weight is 291 g/mol. The molecule has 0 aliphatic carbocycles. The summed E-state index contributed by atoms with van der Waals surface area (Å²) in [6, 6.07) is 8.16. The number of benzene rings is 1. The van der Waals surface area contributed by atoms with Crippen LogP contribution in [-0.4, -0.2) is 26.4 Å². The van der Waals surface area contributed by atoms with E-state index in [1.54, 1.807) is 0 Å². The topological polar surface area (TPSA) is 30.5 Å². The van der Waals surface area contributed by atoms with E-state index in [-0.39, 0.29) is 0 Å². The normalized spacial score (nSPS) is 10.9. The predicted octanol–water partition coefficient (Wildman–Crippen LogP) is 3.79. The van der Waals surface area contributed by atoms with E-state index in [4.69, 9.17) is 9.47 Å². The number of para-hydroxylation sites is 1. The average Bonchev–Trinajstić information content (AvgIpc) is 2.43. The number of ether oxygens (including phenoxy) is 2. The van der Waals surface area contributed by atoms with Crippen LogP contribution < -0.4 is 10.1 Å². The van der Waals surface area contributed by atoms with Gasteiger partial charge in [-0.2, -0.15) is 0 Å². The zero-order valence-corrected chi connectivity index (χ0v) is 13.7. The Morgan fingerprint density at radius 1 is 1.19 bits per heavy atom. The minimum Gasteiger partial charge on any atom is -0.491 e. The van der Waals surface area contributed by atoms with Gasteiger partial charge in [-0.15, -0.1) is 6.58 Å². The summed E-state index contributed by atoms with van der Waals surface area (Å²) in [6.45, 7) is 14.0. The summed E-state index contributed by atoms with van der Waals surface area (Å²) < 4.78 is 11.3. The predicted molar refractivity (Wildman–Crippen MR) is 88.7 cm³/mol. The molecule has 3 nitrogen and oxygen atoms in total. The van der Waals surface area contributed by atoms with Crippen LogP contribution >= 0.6 is 0 Å². The molecule has 1 aromatic rings. The molecule has 0 saturated carbocycles. The summed E-state index contributed by atoms with van der Waals surface area (Å²) in [7, 11) is 0. The highest BCUT2D eigenvalue weighted by atomic mass is 16.5. The van der Waals surface area contributed by atoms with Crippen molar-refractivity contribution in [1.29, 1.82) is 0 Å². The highest BCUT2D eigenvalue weighted by molar-refractivity contribution is 5.33. The lowest BCUT2D eigenvalue weighted by molar-refractivity contribution is 0.102. The maximum atomic E-state index is 5.81.